The van der Waals surface area contributed by atoms with Crippen LogP contribution in [0.5, 0.6) is 0 Å². The molecule has 2 amide bonds. The molecule has 4 unspecified atom stereocenters. The van der Waals surface area contributed by atoms with Crippen molar-refractivity contribution >= 4 is 17.7 Å². The van der Waals surface area contributed by atoms with Gasteiger partial charge in [0.25, 0.3) is 0 Å². The molecule has 0 aromatic heterocycles. The summed E-state index contributed by atoms with van der Waals surface area (Å²) in [7, 11) is 0. The van der Waals surface area contributed by atoms with Crippen LogP contribution in [-0.4, -0.2) is 76.2 Å². The van der Waals surface area contributed by atoms with Gasteiger partial charge in [-0.1, -0.05) is 19.1 Å². The predicted octanol–water partition coefficient (Wildman–Crippen LogP) is 3.70. The zero-order chi connectivity index (χ0) is 28.8. The Hall–Kier alpha value is -2.57. The van der Waals surface area contributed by atoms with Crippen molar-refractivity contribution in [1.29, 1.82) is 0 Å². The second kappa shape index (κ2) is 10.4. The van der Waals surface area contributed by atoms with E-state index < -0.39 is 29.5 Å². The Morgan fingerprint density at radius 1 is 1.15 bits per heavy atom. The SMILES string of the molecule is CCC1(N2NC(Nc3ccc(C(C)(O)C(F)(F)F)cc3)C3C(=O)NCCC32)CCN(C(=O)OC(C)(C)C)CC1. The van der Waals surface area contributed by atoms with Crippen LogP contribution >= 0.6 is 0 Å². The zero-order valence-corrected chi connectivity index (χ0v) is 23.2. The van der Waals surface area contributed by atoms with Crippen molar-refractivity contribution in [3.8, 4) is 0 Å². The molecule has 218 valence electrons. The van der Waals surface area contributed by atoms with E-state index in [4.69, 9.17) is 4.74 Å². The molecule has 4 atom stereocenters. The molecule has 3 aliphatic heterocycles. The van der Waals surface area contributed by atoms with Gasteiger partial charge in [-0.3, -0.25) is 4.79 Å². The maximum atomic E-state index is 13.3. The average molecular weight is 556 g/mol. The third-order valence-electron chi connectivity index (χ3n) is 8.26. The minimum Gasteiger partial charge on any atom is -0.444 e. The molecule has 1 aromatic rings. The number of rotatable bonds is 5. The number of fused-ring (bicyclic) bond motifs is 1. The molecule has 3 fully saturated rings. The van der Waals surface area contributed by atoms with E-state index in [1.165, 1.54) is 24.3 Å². The first kappa shape index (κ1) is 29.4. The highest BCUT2D eigenvalue weighted by Gasteiger charge is 2.55. The fraction of sp³-hybridized carbons (Fsp3) is 0.704. The number of halogens is 3. The minimum atomic E-state index is -4.81. The van der Waals surface area contributed by atoms with Gasteiger partial charge in [-0.25, -0.2) is 15.2 Å². The number of nitrogens with one attached hydrogen (secondary N) is 3. The second-order valence-corrected chi connectivity index (χ2v) is 12.0. The lowest BCUT2D eigenvalue weighted by Crippen LogP contribution is -2.62. The fourth-order valence-corrected chi connectivity index (χ4v) is 5.85. The molecule has 3 saturated heterocycles. The van der Waals surface area contributed by atoms with Gasteiger partial charge in [0, 0.05) is 36.9 Å². The smallest absolute Gasteiger partial charge is 0.421 e. The lowest BCUT2D eigenvalue weighted by Gasteiger charge is -2.49. The molecule has 0 radical (unpaired) electrons. The first-order valence-electron chi connectivity index (χ1n) is 13.6. The fourth-order valence-electron chi connectivity index (χ4n) is 5.85. The maximum absolute atomic E-state index is 13.3. The van der Waals surface area contributed by atoms with E-state index >= 15 is 0 Å². The Balaban J connectivity index is 1.51. The van der Waals surface area contributed by atoms with Crippen LogP contribution in [0.2, 0.25) is 0 Å². The molecule has 0 bridgehead atoms. The highest BCUT2D eigenvalue weighted by Crippen LogP contribution is 2.41. The average Bonchev–Trinajstić information content (AvgIpc) is 3.23. The van der Waals surface area contributed by atoms with Gasteiger partial charge in [-0.05, 0) is 71.1 Å². The third-order valence-corrected chi connectivity index (χ3v) is 8.26. The molecule has 39 heavy (non-hydrogen) atoms. The Morgan fingerprint density at radius 2 is 1.77 bits per heavy atom. The molecule has 4 N–H and O–H groups in total. The van der Waals surface area contributed by atoms with Gasteiger partial charge in [0.1, 0.15) is 11.8 Å². The van der Waals surface area contributed by atoms with Gasteiger partial charge in [-0.2, -0.15) is 13.2 Å². The van der Waals surface area contributed by atoms with E-state index in [0.29, 0.717) is 38.2 Å². The molecule has 3 aliphatic rings. The lowest BCUT2D eigenvalue weighted by molar-refractivity contribution is -0.258. The van der Waals surface area contributed by atoms with Crippen LogP contribution in [0.4, 0.5) is 23.7 Å². The van der Waals surface area contributed by atoms with Gasteiger partial charge in [0.15, 0.2) is 5.60 Å². The summed E-state index contributed by atoms with van der Waals surface area (Å²) in [5, 5.41) is 18.4. The summed E-state index contributed by atoms with van der Waals surface area (Å²) in [5.41, 5.74) is -0.0481. The normalized spacial score (nSPS) is 27.4. The number of hydrazine groups is 1. The Kier molecular flexibility index (Phi) is 7.87. The highest BCUT2D eigenvalue weighted by molar-refractivity contribution is 5.82. The number of piperidine rings is 2. The topological polar surface area (TPSA) is 106 Å². The number of alkyl halides is 3. The van der Waals surface area contributed by atoms with Crippen LogP contribution in [0, 0.1) is 5.92 Å². The van der Waals surface area contributed by atoms with Crippen molar-refractivity contribution < 1.29 is 32.6 Å². The van der Waals surface area contributed by atoms with Crippen molar-refractivity contribution in [3.63, 3.8) is 0 Å². The first-order chi connectivity index (χ1) is 18.1. The van der Waals surface area contributed by atoms with Crippen molar-refractivity contribution in [3.05, 3.63) is 29.8 Å². The van der Waals surface area contributed by atoms with Crippen LogP contribution in [-0.2, 0) is 15.1 Å². The Bertz CT molecular complexity index is 1050. The van der Waals surface area contributed by atoms with E-state index in [1.807, 2.05) is 20.8 Å². The van der Waals surface area contributed by atoms with E-state index in [-0.39, 0.29) is 29.1 Å². The van der Waals surface area contributed by atoms with Gasteiger partial charge in [0.2, 0.25) is 5.91 Å². The summed E-state index contributed by atoms with van der Waals surface area (Å²) in [6.07, 6.45) is -2.67. The largest absolute Gasteiger partial charge is 0.444 e. The number of ether oxygens (including phenoxy) is 1. The summed E-state index contributed by atoms with van der Waals surface area (Å²) in [5.74, 6) is -0.517. The quantitative estimate of drug-likeness (QED) is 0.439. The van der Waals surface area contributed by atoms with Crippen LogP contribution in [0.25, 0.3) is 0 Å². The third kappa shape index (κ3) is 5.83. The molecule has 0 aliphatic carbocycles. The van der Waals surface area contributed by atoms with E-state index in [9.17, 15) is 27.9 Å². The maximum Gasteiger partial charge on any atom is 0.421 e. The number of likely N-dealkylation sites (tertiary alicyclic amines) is 1. The Labute approximate surface area is 227 Å². The molecule has 0 saturated carbocycles. The number of aliphatic hydroxyl groups is 1. The molecular formula is C27H40F3N5O4. The minimum absolute atomic E-state index is 0.0884. The Morgan fingerprint density at radius 3 is 2.31 bits per heavy atom. The number of amides is 2. The van der Waals surface area contributed by atoms with Crippen LogP contribution in [0.15, 0.2) is 24.3 Å². The van der Waals surface area contributed by atoms with Crippen molar-refractivity contribution in [2.24, 2.45) is 5.92 Å². The summed E-state index contributed by atoms with van der Waals surface area (Å²) in [4.78, 5) is 27.4. The van der Waals surface area contributed by atoms with Crippen molar-refractivity contribution in [2.45, 2.75) is 95.4 Å². The molecule has 9 nitrogen and oxygen atoms in total. The van der Waals surface area contributed by atoms with Gasteiger partial charge in [-0.15, -0.1) is 0 Å². The lowest BCUT2D eigenvalue weighted by atomic mass is 9.81. The van der Waals surface area contributed by atoms with Crippen molar-refractivity contribution in [2.75, 3.05) is 25.0 Å². The monoisotopic (exact) mass is 555 g/mol. The van der Waals surface area contributed by atoms with E-state index in [2.05, 4.69) is 28.0 Å². The highest BCUT2D eigenvalue weighted by atomic mass is 19.4. The molecule has 12 heteroatoms. The molecule has 4 rings (SSSR count). The van der Waals surface area contributed by atoms with E-state index in [1.54, 1.807) is 4.90 Å². The van der Waals surface area contributed by atoms with Crippen LogP contribution < -0.4 is 16.1 Å². The standard InChI is InChI=1S/C27H40F3N5O4/c1-6-26(12-15-34(16-13-26)23(37)39-24(2,3)4)35-19-11-14-31-22(36)20(19)21(33-35)32-18-9-7-17(8-10-18)25(5,38)27(28,29)30/h7-10,19-21,32-33,38H,6,11-16H2,1-5H3,(H,31,36). The number of hydrogen-bond acceptors (Lipinski definition) is 7. The summed E-state index contributed by atoms with van der Waals surface area (Å²) in [6.45, 7) is 9.96. The number of carbonyl (C=O) groups is 2. The number of benzene rings is 1. The molecule has 1 aromatic carbocycles. The number of nitrogens with zero attached hydrogens (tertiary/aromatic N) is 2. The number of carbonyl (C=O) groups excluding carboxylic acids is 2. The molecular weight excluding hydrogens is 515 g/mol. The van der Waals surface area contributed by atoms with Gasteiger partial charge >= 0.3 is 12.3 Å². The molecule has 3 heterocycles. The number of anilines is 1. The molecule has 0 spiro atoms. The summed E-state index contributed by atoms with van der Waals surface area (Å²) >= 11 is 0. The van der Waals surface area contributed by atoms with Gasteiger partial charge < -0.3 is 25.4 Å². The summed E-state index contributed by atoms with van der Waals surface area (Å²) < 4.78 is 45.3. The summed E-state index contributed by atoms with van der Waals surface area (Å²) in [6, 6.07) is 5.34. The van der Waals surface area contributed by atoms with Crippen LogP contribution in [0.3, 0.4) is 0 Å². The van der Waals surface area contributed by atoms with Gasteiger partial charge in [0.05, 0.1) is 5.92 Å². The van der Waals surface area contributed by atoms with E-state index in [0.717, 1.165) is 19.8 Å². The zero-order valence-electron chi connectivity index (χ0n) is 23.2. The second-order valence-electron chi connectivity index (χ2n) is 12.0. The van der Waals surface area contributed by atoms with Crippen molar-refractivity contribution in [1.82, 2.24) is 20.7 Å². The number of hydrogen-bond donors (Lipinski definition) is 4. The first-order valence-corrected chi connectivity index (χ1v) is 13.6. The predicted molar refractivity (Wildman–Crippen MR) is 139 cm³/mol. The van der Waals surface area contributed by atoms with Crippen LogP contribution in [0.1, 0.15) is 65.9 Å².